The molecule has 0 radical (unpaired) electrons. The van der Waals surface area contributed by atoms with Gasteiger partial charge in [0.1, 0.15) is 0 Å². The van der Waals surface area contributed by atoms with Crippen molar-refractivity contribution in [3.05, 3.63) is 89.8 Å². The molecule has 28 heavy (non-hydrogen) atoms. The third-order valence-electron chi connectivity index (χ3n) is 4.25. The lowest BCUT2D eigenvalue weighted by Gasteiger charge is -2.37. The van der Waals surface area contributed by atoms with Crippen LogP contribution in [0.4, 0.5) is 22.7 Å². The summed E-state index contributed by atoms with van der Waals surface area (Å²) in [6, 6.07) is 25.1. The van der Waals surface area contributed by atoms with E-state index in [0.29, 0.717) is 10.8 Å². The molecule has 7 heteroatoms. The number of benzene rings is 3. The number of para-hydroxylation sites is 3. The number of nitrogens with one attached hydrogen (secondary N) is 2. The van der Waals surface area contributed by atoms with Crippen LogP contribution in [0.1, 0.15) is 5.56 Å². The molecule has 1 aliphatic rings. The molecule has 3 aromatic carbocycles. The molecule has 5 nitrogen and oxygen atoms in total. The van der Waals surface area contributed by atoms with Gasteiger partial charge in [0.25, 0.3) is 0 Å². The van der Waals surface area contributed by atoms with Crippen LogP contribution < -0.4 is 14.9 Å². The molecule has 0 saturated carbocycles. The average molecular weight is 410 g/mol. The quantitative estimate of drug-likeness (QED) is 0.382. The van der Waals surface area contributed by atoms with Crippen LogP contribution >= 0.6 is 23.0 Å². The summed E-state index contributed by atoms with van der Waals surface area (Å²) in [4.78, 5) is 1.88. The standard InChI is InChI=1S/C21H19N3O2S2/c25-28(26)15-14-16-8-7-13-19(20(16)23-28)24(18-11-5-2-6-12-18)21(27)22-17-9-3-1-4-10-17/h1-15,23,25-26H,(H,22,27). The number of rotatable bonds is 3. The maximum Gasteiger partial charge on any atom is 0.182 e. The minimum absolute atomic E-state index is 0.471. The van der Waals surface area contributed by atoms with Crippen molar-refractivity contribution in [1.82, 2.24) is 0 Å². The smallest absolute Gasteiger partial charge is 0.182 e. The summed E-state index contributed by atoms with van der Waals surface area (Å²) >= 11 is 5.73. The van der Waals surface area contributed by atoms with E-state index in [0.717, 1.165) is 22.6 Å². The van der Waals surface area contributed by atoms with Crippen molar-refractivity contribution in [2.24, 2.45) is 0 Å². The Balaban J connectivity index is 1.80. The molecule has 0 unspecified atom stereocenters. The molecule has 0 spiro atoms. The van der Waals surface area contributed by atoms with E-state index in [-0.39, 0.29) is 0 Å². The van der Waals surface area contributed by atoms with Crippen LogP contribution in [0, 0.1) is 0 Å². The second-order valence-corrected chi connectivity index (χ2v) is 8.25. The first kappa shape index (κ1) is 18.5. The van der Waals surface area contributed by atoms with Gasteiger partial charge in [0.15, 0.2) is 5.11 Å². The zero-order valence-corrected chi connectivity index (χ0v) is 16.5. The highest BCUT2D eigenvalue weighted by molar-refractivity contribution is 8.28. The van der Waals surface area contributed by atoms with Gasteiger partial charge in [-0.1, -0.05) is 59.3 Å². The Hall–Kier alpha value is -2.84. The Kier molecular flexibility index (Phi) is 5.06. The third-order valence-corrected chi connectivity index (χ3v) is 5.55. The number of hydrogen-bond donors (Lipinski definition) is 4. The van der Waals surface area contributed by atoms with E-state index in [1.54, 1.807) is 6.08 Å². The van der Waals surface area contributed by atoms with Gasteiger partial charge in [-0.3, -0.25) is 18.7 Å². The van der Waals surface area contributed by atoms with Gasteiger partial charge >= 0.3 is 0 Å². The van der Waals surface area contributed by atoms with Crippen LogP contribution in [-0.2, 0) is 0 Å². The molecule has 142 valence electrons. The molecule has 0 amide bonds. The van der Waals surface area contributed by atoms with Crippen molar-refractivity contribution in [3.8, 4) is 0 Å². The van der Waals surface area contributed by atoms with E-state index in [9.17, 15) is 9.11 Å². The lowest BCUT2D eigenvalue weighted by molar-refractivity contribution is 0.506. The fourth-order valence-electron chi connectivity index (χ4n) is 2.99. The number of thiocarbonyl (C=S) groups is 1. The zero-order valence-electron chi connectivity index (χ0n) is 14.8. The number of fused-ring (bicyclic) bond motifs is 1. The molecule has 1 heterocycles. The highest BCUT2D eigenvalue weighted by Gasteiger charge is 2.24. The fraction of sp³-hybridized carbons (Fsp3) is 0. The summed E-state index contributed by atoms with van der Waals surface area (Å²) in [5.74, 6) is 0. The molecule has 0 aliphatic carbocycles. The summed E-state index contributed by atoms with van der Waals surface area (Å²) in [5.41, 5.74) is 3.92. The van der Waals surface area contributed by atoms with Gasteiger partial charge < -0.3 is 5.32 Å². The first-order valence-corrected chi connectivity index (χ1v) is 10.6. The first-order chi connectivity index (χ1) is 13.5. The molecule has 4 N–H and O–H groups in total. The van der Waals surface area contributed by atoms with Gasteiger partial charge in [-0.25, -0.2) is 0 Å². The van der Waals surface area contributed by atoms with Crippen molar-refractivity contribution < 1.29 is 9.11 Å². The van der Waals surface area contributed by atoms with Crippen molar-refractivity contribution in [2.75, 3.05) is 14.9 Å². The molecule has 0 fully saturated rings. The van der Waals surface area contributed by atoms with Gasteiger partial charge in [0.05, 0.1) is 11.4 Å². The van der Waals surface area contributed by atoms with Crippen molar-refractivity contribution >= 4 is 56.9 Å². The number of anilines is 4. The van der Waals surface area contributed by atoms with Crippen LogP contribution in [0.15, 0.2) is 84.3 Å². The van der Waals surface area contributed by atoms with E-state index in [1.165, 1.54) is 5.41 Å². The summed E-state index contributed by atoms with van der Waals surface area (Å²) < 4.78 is 23.1. The molecule has 0 bridgehead atoms. The molecule has 1 aliphatic heterocycles. The lowest BCUT2D eigenvalue weighted by Crippen LogP contribution is -2.31. The van der Waals surface area contributed by atoms with E-state index < -0.39 is 10.8 Å². The maximum absolute atomic E-state index is 10.1. The molecule has 0 aromatic heterocycles. The molecule has 4 rings (SSSR count). The van der Waals surface area contributed by atoms with Gasteiger partial charge in [0.2, 0.25) is 0 Å². The molecular weight excluding hydrogens is 390 g/mol. The van der Waals surface area contributed by atoms with E-state index in [1.807, 2.05) is 83.8 Å². The summed E-state index contributed by atoms with van der Waals surface area (Å²) in [7, 11) is -3.04. The predicted molar refractivity (Wildman–Crippen MR) is 123 cm³/mol. The average Bonchev–Trinajstić information content (AvgIpc) is 2.69. The minimum atomic E-state index is -3.04. The van der Waals surface area contributed by atoms with Gasteiger partial charge in [-0.2, -0.15) is 0 Å². The first-order valence-electron chi connectivity index (χ1n) is 8.62. The minimum Gasteiger partial charge on any atom is -0.332 e. The van der Waals surface area contributed by atoms with E-state index in [2.05, 4.69) is 10.0 Å². The normalized spacial score (nSPS) is 15.1. The van der Waals surface area contributed by atoms with Gasteiger partial charge in [-0.15, -0.1) is 0 Å². The second-order valence-electron chi connectivity index (χ2n) is 6.21. The van der Waals surface area contributed by atoms with Crippen LogP contribution in [0.2, 0.25) is 0 Å². The van der Waals surface area contributed by atoms with Gasteiger partial charge in [-0.05, 0) is 48.6 Å². The van der Waals surface area contributed by atoms with Crippen molar-refractivity contribution in [3.63, 3.8) is 0 Å². The molecular formula is C21H19N3O2S2. The third kappa shape index (κ3) is 3.88. The van der Waals surface area contributed by atoms with Crippen LogP contribution in [0.5, 0.6) is 0 Å². The Bertz CT molecular complexity index is 1020. The van der Waals surface area contributed by atoms with Crippen molar-refractivity contribution in [2.45, 2.75) is 0 Å². The maximum atomic E-state index is 10.1. The monoisotopic (exact) mass is 409 g/mol. The van der Waals surface area contributed by atoms with E-state index in [4.69, 9.17) is 12.2 Å². The Morgan fingerprint density at radius 2 is 1.57 bits per heavy atom. The molecule has 0 saturated heterocycles. The van der Waals surface area contributed by atoms with Crippen LogP contribution in [0.3, 0.4) is 0 Å². The Labute approximate surface area is 170 Å². The Morgan fingerprint density at radius 1 is 0.893 bits per heavy atom. The molecule has 0 atom stereocenters. The highest BCUT2D eigenvalue weighted by atomic mass is 32.3. The van der Waals surface area contributed by atoms with Crippen LogP contribution in [-0.4, -0.2) is 14.2 Å². The SMILES string of the molecule is OS1(O)C=Cc2cccc(N(C(=S)Nc3ccccc3)c3ccccc3)c2N1. The van der Waals surface area contributed by atoms with Crippen molar-refractivity contribution in [1.29, 1.82) is 0 Å². The molecule has 3 aromatic rings. The lowest BCUT2D eigenvalue weighted by atomic mass is 10.1. The largest absolute Gasteiger partial charge is 0.332 e. The topological polar surface area (TPSA) is 67.8 Å². The predicted octanol–water partition coefficient (Wildman–Crippen LogP) is 6.28. The fourth-order valence-corrected chi connectivity index (χ4v) is 4.24. The van der Waals surface area contributed by atoms with Crippen LogP contribution in [0.25, 0.3) is 6.08 Å². The second kappa shape index (κ2) is 7.65. The van der Waals surface area contributed by atoms with Gasteiger partial charge in [0, 0.05) is 22.3 Å². The number of nitrogens with zero attached hydrogens (tertiary/aromatic N) is 1. The Morgan fingerprint density at radius 3 is 2.29 bits per heavy atom. The number of hydrogen-bond acceptors (Lipinski definition) is 4. The highest BCUT2D eigenvalue weighted by Crippen LogP contribution is 2.49. The van der Waals surface area contributed by atoms with E-state index >= 15 is 0 Å². The zero-order chi connectivity index (χ0) is 19.6. The summed E-state index contributed by atoms with van der Waals surface area (Å²) in [6.07, 6.45) is 1.71. The summed E-state index contributed by atoms with van der Waals surface area (Å²) in [6.45, 7) is 0. The summed E-state index contributed by atoms with van der Waals surface area (Å²) in [5, 5.41) is 5.11.